The van der Waals surface area contributed by atoms with E-state index in [1.807, 2.05) is 6.26 Å². The minimum Gasteiger partial charge on any atom is -0.461 e. The average molecular weight is 464 g/mol. The zero-order valence-corrected chi connectivity index (χ0v) is 19.0. The second kappa shape index (κ2) is 9.70. The predicted octanol–water partition coefficient (Wildman–Crippen LogP) is 4.38. The van der Waals surface area contributed by atoms with Crippen LogP contribution in [0, 0.1) is 6.92 Å². The van der Waals surface area contributed by atoms with Crippen LogP contribution in [0.2, 0.25) is 0 Å². The Balaban J connectivity index is 1.52. The van der Waals surface area contributed by atoms with Gasteiger partial charge in [0.25, 0.3) is 5.91 Å². The highest BCUT2D eigenvalue weighted by Gasteiger charge is 2.20. The van der Waals surface area contributed by atoms with Gasteiger partial charge in [-0.15, -0.1) is 11.8 Å². The number of nitrogens with zero attached hydrogens (tertiary/aromatic N) is 4. The van der Waals surface area contributed by atoms with Gasteiger partial charge >= 0.3 is 5.97 Å². The van der Waals surface area contributed by atoms with E-state index in [1.54, 1.807) is 73.5 Å². The number of hydrogen-bond acceptors (Lipinski definition) is 8. The molecule has 0 aliphatic carbocycles. The topological polar surface area (TPSA) is 112 Å². The molecular weight excluding hydrogens is 442 g/mol. The highest BCUT2D eigenvalue weighted by molar-refractivity contribution is 7.98. The summed E-state index contributed by atoms with van der Waals surface area (Å²) in [4.78, 5) is 33.7. The molecule has 0 aliphatic heterocycles. The average Bonchev–Trinajstić information content (AvgIpc) is 3.52. The molecular formula is C23H21N5O4S. The first-order valence-electron chi connectivity index (χ1n) is 10.1. The summed E-state index contributed by atoms with van der Waals surface area (Å²) in [6.07, 6.45) is 5.08. The summed E-state index contributed by atoms with van der Waals surface area (Å²) in [5, 5.41) is 7.68. The zero-order chi connectivity index (χ0) is 23.4. The van der Waals surface area contributed by atoms with Gasteiger partial charge in [-0.1, -0.05) is 0 Å². The van der Waals surface area contributed by atoms with Crippen molar-refractivity contribution in [2.45, 2.75) is 18.9 Å². The Morgan fingerprint density at radius 2 is 1.94 bits per heavy atom. The normalized spacial score (nSPS) is 10.8. The number of hydrogen-bond donors (Lipinski definition) is 1. The highest BCUT2D eigenvalue weighted by atomic mass is 32.2. The number of thioether (sulfide) groups is 1. The van der Waals surface area contributed by atoms with E-state index in [0.29, 0.717) is 33.6 Å². The van der Waals surface area contributed by atoms with Crippen molar-refractivity contribution >= 4 is 29.3 Å². The van der Waals surface area contributed by atoms with Crippen molar-refractivity contribution in [3.05, 3.63) is 71.9 Å². The van der Waals surface area contributed by atoms with Crippen molar-refractivity contribution in [3.8, 4) is 17.3 Å². The second-order valence-electron chi connectivity index (χ2n) is 6.86. The molecule has 3 aromatic heterocycles. The monoisotopic (exact) mass is 463 g/mol. The molecule has 9 nitrogen and oxygen atoms in total. The van der Waals surface area contributed by atoms with Crippen molar-refractivity contribution in [2.24, 2.45) is 0 Å². The summed E-state index contributed by atoms with van der Waals surface area (Å²) in [5.74, 6) is 0.199. The van der Waals surface area contributed by atoms with Crippen LogP contribution in [-0.4, -0.2) is 44.5 Å². The Hall–Kier alpha value is -3.92. The third-order valence-electron chi connectivity index (χ3n) is 4.68. The van der Waals surface area contributed by atoms with Gasteiger partial charge in [-0.25, -0.2) is 19.4 Å². The number of esters is 1. The minimum atomic E-state index is -0.472. The minimum absolute atomic E-state index is 0.229. The lowest BCUT2D eigenvalue weighted by Crippen LogP contribution is -2.17. The largest absolute Gasteiger partial charge is 0.461 e. The maximum absolute atomic E-state index is 13.0. The van der Waals surface area contributed by atoms with Crippen molar-refractivity contribution in [1.82, 2.24) is 19.7 Å². The summed E-state index contributed by atoms with van der Waals surface area (Å²) < 4.78 is 11.9. The lowest BCUT2D eigenvalue weighted by atomic mass is 10.2. The number of rotatable bonds is 7. The number of furan rings is 1. The molecule has 0 spiro atoms. The number of nitrogens with one attached hydrogen (secondary N) is 1. The molecule has 3 heterocycles. The predicted molar refractivity (Wildman–Crippen MR) is 124 cm³/mol. The van der Waals surface area contributed by atoms with Gasteiger partial charge in [0.05, 0.1) is 29.8 Å². The first-order chi connectivity index (χ1) is 16.0. The van der Waals surface area contributed by atoms with Gasteiger partial charge in [-0.2, -0.15) is 5.10 Å². The zero-order valence-electron chi connectivity index (χ0n) is 18.2. The molecule has 1 aromatic carbocycles. The van der Waals surface area contributed by atoms with E-state index in [-0.39, 0.29) is 18.2 Å². The number of amides is 1. The smallest absolute Gasteiger partial charge is 0.358 e. The van der Waals surface area contributed by atoms with Crippen LogP contribution >= 0.6 is 11.8 Å². The van der Waals surface area contributed by atoms with Gasteiger partial charge in [0.2, 0.25) is 0 Å². The summed E-state index contributed by atoms with van der Waals surface area (Å²) >= 11 is 1.36. The first kappa shape index (κ1) is 22.3. The van der Waals surface area contributed by atoms with E-state index in [0.717, 1.165) is 5.69 Å². The molecule has 0 fully saturated rings. The van der Waals surface area contributed by atoms with Gasteiger partial charge in [-0.3, -0.25) is 4.79 Å². The Morgan fingerprint density at radius 1 is 1.15 bits per heavy atom. The summed E-state index contributed by atoms with van der Waals surface area (Å²) in [6, 6.07) is 12.2. The van der Waals surface area contributed by atoms with Crippen LogP contribution in [0.25, 0.3) is 17.3 Å². The molecule has 0 bridgehead atoms. The summed E-state index contributed by atoms with van der Waals surface area (Å²) in [5.41, 5.74) is 2.52. The molecule has 1 N–H and O–H groups in total. The molecule has 0 saturated heterocycles. The Bertz CT molecular complexity index is 1280. The highest BCUT2D eigenvalue weighted by Crippen LogP contribution is 2.26. The molecule has 4 aromatic rings. The Labute approximate surface area is 194 Å². The van der Waals surface area contributed by atoms with E-state index >= 15 is 0 Å². The number of aromatic nitrogens is 4. The van der Waals surface area contributed by atoms with Crippen molar-refractivity contribution in [2.75, 3.05) is 18.2 Å². The SMILES string of the molecule is CCOC(=O)c1ccn(-c2ccc(NC(=O)c3c(C)nc(-c4ccco4)nc3SC)cc2)n1. The van der Waals surface area contributed by atoms with Gasteiger partial charge < -0.3 is 14.5 Å². The molecule has 168 valence electrons. The molecule has 1 amide bonds. The van der Waals surface area contributed by atoms with Crippen LogP contribution in [0.1, 0.15) is 33.5 Å². The molecule has 0 aliphatic rings. The van der Waals surface area contributed by atoms with Crippen molar-refractivity contribution < 1.29 is 18.7 Å². The molecule has 33 heavy (non-hydrogen) atoms. The van der Waals surface area contributed by atoms with E-state index in [4.69, 9.17) is 9.15 Å². The van der Waals surface area contributed by atoms with Crippen LogP contribution in [-0.2, 0) is 4.74 Å². The van der Waals surface area contributed by atoms with Crippen LogP contribution in [0.4, 0.5) is 5.69 Å². The Morgan fingerprint density at radius 3 is 2.61 bits per heavy atom. The number of carbonyl (C=O) groups excluding carboxylic acids is 2. The molecule has 0 atom stereocenters. The Kier molecular flexibility index (Phi) is 6.55. The summed E-state index contributed by atoms with van der Waals surface area (Å²) in [7, 11) is 0. The third-order valence-corrected chi connectivity index (χ3v) is 5.36. The molecule has 4 rings (SSSR count). The maximum atomic E-state index is 13.0. The quantitative estimate of drug-likeness (QED) is 0.244. The van der Waals surface area contributed by atoms with Crippen LogP contribution in [0.15, 0.2) is 64.4 Å². The van der Waals surface area contributed by atoms with Gasteiger partial charge in [0.1, 0.15) is 5.03 Å². The molecule has 0 saturated carbocycles. The molecule has 10 heteroatoms. The lowest BCUT2D eigenvalue weighted by Gasteiger charge is -2.12. The molecule has 0 radical (unpaired) electrons. The van der Waals surface area contributed by atoms with Gasteiger partial charge in [0.15, 0.2) is 17.3 Å². The number of ether oxygens (including phenoxy) is 1. The van der Waals surface area contributed by atoms with E-state index in [9.17, 15) is 9.59 Å². The standard InChI is InChI=1S/C23H21N5O4S/c1-4-31-23(30)17-11-12-28(27-17)16-9-7-15(8-10-16)25-21(29)19-14(2)24-20(26-22(19)33-3)18-6-5-13-32-18/h5-13H,4H2,1-3H3,(H,25,29). The summed E-state index contributed by atoms with van der Waals surface area (Å²) in [6.45, 7) is 3.80. The number of carbonyl (C=O) groups is 2. The van der Waals surface area contributed by atoms with E-state index < -0.39 is 5.97 Å². The fourth-order valence-corrected chi connectivity index (χ4v) is 3.77. The van der Waals surface area contributed by atoms with E-state index in [2.05, 4.69) is 20.4 Å². The lowest BCUT2D eigenvalue weighted by molar-refractivity contribution is 0.0519. The number of benzene rings is 1. The van der Waals surface area contributed by atoms with Gasteiger partial charge in [-0.05, 0) is 62.6 Å². The fraction of sp³-hybridized carbons (Fsp3) is 0.174. The first-order valence-corrected chi connectivity index (χ1v) is 11.3. The van der Waals surface area contributed by atoms with Crippen molar-refractivity contribution in [1.29, 1.82) is 0 Å². The van der Waals surface area contributed by atoms with Crippen molar-refractivity contribution in [3.63, 3.8) is 0 Å². The van der Waals surface area contributed by atoms with Crippen LogP contribution in [0.5, 0.6) is 0 Å². The van der Waals surface area contributed by atoms with Crippen LogP contribution < -0.4 is 5.32 Å². The van der Waals surface area contributed by atoms with Gasteiger partial charge in [0, 0.05) is 11.9 Å². The van der Waals surface area contributed by atoms with Crippen LogP contribution in [0.3, 0.4) is 0 Å². The number of anilines is 1. The number of aryl methyl sites for hydroxylation is 1. The third kappa shape index (κ3) is 4.80. The van der Waals surface area contributed by atoms with E-state index in [1.165, 1.54) is 11.8 Å². The second-order valence-corrected chi connectivity index (χ2v) is 7.66. The molecule has 0 unspecified atom stereocenters. The maximum Gasteiger partial charge on any atom is 0.358 e. The fourth-order valence-electron chi connectivity index (χ4n) is 3.14.